The molecule has 0 bridgehead atoms. The summed E-state index contributed by atoms with van der Waals surface area (Å²) in [4.78, 5) is 14.6. The Morgan fingerprint density at radius 1 is 1.25 bits per heavy atom. The normalized spacial score (nSPS) is 10.9. The van der Waals surface area contributed by atoms with Crippen LogP contribution in [-0.4, -0.2) is 21.5 Å². The van der Waals surface area contributed by atoms with Crippen LogP contribution in [0.5, 0.6) is 0 Å². The van der Waals surface area contributed by atoms with E-state index in [4.69, 9.17) is 0 Å². The van der Waals surface area contributed by atoms with Crippen LogP contribution in [0.25, 0.3) is 21.7 Å². The van der Waals surface area contributed by atoms with Crippen molar-refractivity contribution in [3.8, 4) is 11.5 Å². The average Bonchev–Trinajstić information content (AvgIpc) is 2.93. The van der Waals surface area contributed by atoms with Gasteiger partial charge in [-0.05, 0) is 42.5 Å². The molecule has 1 N–H and O–H groups in total. The second-order valence-electron chi connectivity index (χ2n) is 4.68. The number of nitrogens with zero attached hydrogens (tertiary/aromatic N) is 3. The van der Waals surface area contributed by atoms with Gasteiger partial charge in [0.1, 0.15) is 16.3 Å². The summed E-state index contributed by atoms with van der Waals surface area (Å²) in [6.45, 7) is 5.09. The van der Waals surface area contributed by atoms with Crippen LogP contribution in [0.3, 0.4) is 0 Å². The van der Waals surface area contributed by atoms with Crippen LogP contribution in [0.2, 0.25) is 0 Å². The predicted molar refractivity (Wildman–Crippen MR) is 84.2 cm³/mol. The minimum absolute atomic E-state index is 0.683. The van der Waals surface area contributed by atoms with Crippen molar-refractivity contribution in [1.29, 1.82) is 0 Å². The molecule has 3 rings (SSSR count). The van der Waals surface area contributed by atoms with Gasteiger partial charge >= 0.3 is 0 Å². The maximum absolute atomic E-state index is 4.64. The Hall–Kier alpha value is -2.01. The van der Waals surface area contributed by atoms with Gasteiger partial charge in [-0.1, -0.05) is 6.92 Å². The largest absolute Gasteiger partial charge is 0.369 e. The third kappa shape index (κ3) is 2.49. The van der Waals surface area contributed by atoms with Crippen molar-refractivity contribution < 1.29 is 0 Å². The SMILES string of the molecule is CCCNc1nc(-c2cc(C)ccn2)nc2sccc12. The zero-order valence-electron chi connectivity index (χ0n) is 11.6. The molecule has 3 aromatic heterocycles. The number of aromatic nitrogens is 3. The third-order valence-electron chi connectivity index (χ3n) is 3.01. The standard InChI is InChI=1S/C15H16N4S/c1-3-6-17-13-11-5-8-20-15(11)19-14(18-13)12-9-10(2)4-7-16-12/h4-5,7-9H,3,6H2,1-2H3,(H,17,18,19). The molecule has 0 radical (unpaired) electrons. The van der Waals surface area contributed by atoms with Gasteiger partial charge in [0.15, 0.2) is 5.82 Å². The first-order valence-corrected chi connectivity index (χ1v) is 7.58. The summed E-state index contributed by atoms with van der Waals surface area (Å²) in [6, 6.07) is 6.05. The quantitative estimate of drug-likeness (QED) is 0.790. The molecule has 0 saturated carbocycles. The molecule has 0 fully saturated rings. The highest BCUT2D eigenvalue weighted by molar-refractivity contribution is 7.16. The van der Waals surface area contributed by atoms with Gasteiger partial charge in [0.25, 0.3) is 0 Å². The van der Waals surface area contributed by atoms with Gasteiger partial charge in [-0.25, -0.2) is 9.97 Å². The molecule has 20 heavy (non-hydrogen) atoms. The Kier molecular flexibility index (Phi) is 3.60. The number of hydrogen-bond donors (Lipinski definition) is 1. The lowest BCUT2D eigenvalue weighted by Gasteiger charge is -2.08. The van der Waals surface area contributed by atoms with E-state index in [9.17, 15) is 0 Å². The number of thiophene rings is 1. The molecule has 3 aromatic rings. The van der Waals surface area contributed by atoms with Crippen molar-refractivity contribution >= 4 is 27.4 Å². The zero-order valence-corrected chi connectivity index (χ0v) is 12.4. The van der Waals surface area contributed by atoms with Crippen LogP contribution in [0.1, 0.15) is 18.9 Å². The van der Waals surface area contributed by atoms with Crippen LogP contribution in [0.4, 0.5) is 5.82 Å². The zero-order chi connectivity index (χ0) is 13.9. The molecule has 0 aliphatic rings. The second kappa shape index (κ2) is 5.54. The lowest BCUT2D eigenvalue weighted by atomic mass is 10.2. The highest BCUT2D eigenvalue weighted by Gasteiger charge is 2.11. The summed E-state index contributed by atoms with van der Waals surface area (Å²) >= 11 is 1.63. The Bertz CT molecular complexity index is 736. The molecule has 0 aliphatic heterocycles. The smallest absolute Gasteiger partial charge is 0.181 e. The monoisotopic (exact) mass is 284 g/mol. The first-order valence-electron chi connectivity index (χ1n) is 6.70. The van der Waals surface area contributed by atoms with Crippen molar-refractivity contribution in [3.05, 3.63) is 35.3 Å². The van der Waals surface area contributed by atoms with Crippen LogP contribution in [0.15, 0.2) is 29.8 Å². The van der Waals surface area contributed by atoms with Gasteiger partial charge in [-0.2, -0.15) is 0 Å². The van der Waals surface area contributed by atoms with Crippen molar-refractivity contribution in [1.82, 2.24) is 15.0 Å². The van der Waals surface area contributed by atoms with E-state index in [0.717, 1.165) is 40.3 Å². The molecular formula is C15H16N4S. The van der Waals surface area contributed by atoms with E-state index >= 15 is 0 Å². The Balaban J connectivity index is 2.11. The molecule has 0 amide bonds. The molecule has 102 valence electrons. The molecule has 0 atom stereocenters. The van der Waals surface area contributed by atoms with Gasteiger partial charge in [-0.15, -0.1) is 11.3 Å². The van der Waals surface area contributed by atoms with Crippen molar-refractivity contribution in [3.63, 3.8) is 0 Å². The third-order valence-corrected chi connectivity index (χ3v) is 3.82. The number of aryl methyl sites for hydroxylation is 1. The van der Waals surface area contributed by atoms with Crippen LogP contribution >= 0.6 is 11.3 Å². The fourth-order valence-electron chi connectivity index (χ4n) is 2.01. The Morgan fingerprint density at radius 3 is 2.95 bits per heavy atom. The van der Waals surface area contributed by atoms with Crippen molar-refractivity contribution in [2.45, 2.75) is 20.3 Å². The summed E-state index contributed by atoms with van der Waals surface area (Å²) < 4.78 is 0. The predicted octanol–water partition coefficient (Wildman–Crippen LogP) is 3.88. The van der Waals surface area contributed by atoms with Gasteiger partial charge in [-0.3, -0.25) is 4.98 Å². The van der Waals surface area contributed by atoms with Gasteiger partial charge in [0.2, 0.25) is 0 Å². The Labute approximate surface area is 121 Å². The van der Waals surface area contributed by atoms with E-state index in [1.54, 1.807) is 17.5 Å². The number of pyridine rings is 1. The summed E-state index contributed by atoms with van der Waals surface area (Å²) in [5.74, 6) is 1.58. The number of nitrogens with one attached hydrogen (secondary N) is 1. The molecule has 3 heterocycles. The maximum Gasteiger partial charge on any atom is 0.181 e. The van der Waals surface area contributed by atoms with Gasteiger partial charge in [0.05, 0.1) is 5.39 Å². The fourth-order valence-corrected chi connectivity index (χ4v) is 2.77. The van der Waals surface area contributed by atoms with Gasteiger partial charge in [0, 0.05) is 12.7 Å². The molecule has 0 unspecified atom stereocenters. The summed E-state index contributed by atoms with van der Waals surface area (Å²) in [7, 11) is 0. The summed E-state index contributed by atoms with van der Waals surface area (Å²) in [5.41, 5.74) is 1.98. The topological polar surface area (TPSA) is 50.7 Å². The molecule has 0 aliphatic carbocycles. The molecule has 0 spiro atoms. The number of anilines is 1. The molecule has 0 saturated heterocycles. The van der Waals surface area contributed by atoms with Crippen molar-refractivity contribution in [2.24, 2.45) is 0 Å². The van der Waals surface area contributed by atoms with Crippen molar-refractivity contribution in [2.75, 3.05) is 11.9 Å². The molecular weight excluding hydrogens is 268 g/mol. The van der Waals surface area contributed by atoms with Crippen LogP contribution < -0.4 is 5.32 Å². The number of hydrogen-bond acceptors (Lipinski definition) is 5. The molecule has 4 nitrogen and oxygen atoms in total. The van der Waals surface area contributed by atoms with Crippen LogP contribution in [0, 0.1) is 6.92 Å². The fraction of sp³-hybridized carbons (Fsp3) is 0.267. The first-order chi connectivity index (χ1) is 9.78. The highest BCUT2D eigenvalue weighted by atomic mass is 32.1. The highest BCUT2D eigenvalue weighted by Crippen LogP contribution is 2.27. The van der Waals surface area contributed by atoms with E-state index in [0.29, 0.717) is 5.82 Å². The minimum Gasteiger partial charge on any atom is -0.369 e. The molecule has 5 heteroatoms. The van der Waals surface area contributed by atoms with Crippen LogP contribution in [-0.2, 0) is 0 Å². The lowest BCUT2D eigenvalue weighted by Crippen LogP contribution is -2.04. The summed E-state index contributed by atoms with van der Waals surface area (Å²) in [6.07, 6.45) is 2.86. The Morgan fingerprint density at radius 2 is 2.15 bits per heavy atom. The molecule has 0 aromatic carbocycles. The van der Waals surface area contributed by atoms with E-state index in [1.165, 1.54) is 0 Å². The van der Waals surface area contributed by atoms with E-state index in [1.807, 2.05) is 24.4 Å². The minimum atomic E-state index is 0.683. The lowest BCUT2D eigenvalue weighted by molar-refractivity contribution is 0.970. The second-order valence-corrected chi connectivity index (χ2v) is 5.58. The van der Waals surface area contributed by atoms with E-state index in [-0.39, 0.29) is 0 Å². The number of fused-ring (bicyclic) bond motifs is 1. The average molecular weight is 284 g/mol. The van der Waals surface area contributed by atoms with Gasteiger partial charge < -0.3 is 5.32 Å². The summed E-state index contributed by atoms with van der Waals surface area (Å²) in [5, 5.41) is 6.50. The maximum atomic E-state index is 4.64. The van der Waals surface area contributed by atoms with E-state index in [2.05, 4.69) is 33.3 Å². The number of rotatable bonds is 4. The first kappa shape index (κ1) is 13.0. The van der Waals surface area contributed by atoms with E-state index < -0.39 is 0 Å².